The second-order valence-electron chi connectivity index (χ2n) is 3.73. The van der Waals surface area contributed by atoms with Gasteiger partial charge >= 0.3 is 6.03 Å². The number of carbonyl (C=O) groups excluding carboxylic acids is 1. The molecular formula is C13H14N2OS. The summed E-state index contributed by atoms with van der Waals surface area (Å²) in [7, 11) is 1.79. The van der Waals surface area contributed by atoms with Gasteiger partial charge in [0.05, 0.1) is 6.54 Å². The van der Waals surface area contributed by atoms with Crippen molar-refractivity contribution in [2.75, 3.05) is 12.4 Å². The topological polar surface area (TPSA) is 32.3 Å². The smallest absolute Gasteiger partial charge is 0.321 e. The van der Waals surface area contributed by atoms with Crippen molar-refractivity contribution in [2.45, 2.75) is 6.54 Å². The van der Waals surface area contributed by atoms with Crippen LogP contribution in [0.25, 0.3) is 0 Å². The van der Waals surface area contributed by atoms with Crippen LogP contribution in [0.5, 0.6) is 0 Å². The van der Waals surface area contributed by atoms with Gasteiger partial charge in [-0.15, -0.1) is 11.3 Å². The molecule has 0 saturated heterocycles. The molecular weight excluding hydrogens is 232 g/mol. The third kappa shape index (κ3) is 3.32. The number of benzene rings is 1. The minimum absolute atomic E-state index is 0.0930. The predicted molar refractivity (Wildman–Crippen MR) is 71.2 cm³/mol. The van der Waals surface area contributed by atoms with Crippen LogP contribution in [0.4, 0.5) is 10.5 Å². The van der Waals surface area contributed by atoms with Crippen LogP contribution in [-0.4, -0.2) is 18.0 Å². The van der Waals surface area contributed by atoms with E-state index in [1.165, 1.54) is 4.88 Å². The fourth-order valence-corrected chi connectivity index (χ4v) is 2.21. The summed E-state index contributed by atoms with van der Waals surface area (Å²) in [6, 6.07) is 13.4. The Morgan fingerprint density at radius 2 is 2.00 bits per heavy atom. The predicted octanol–water partition coefficient (Wildman–Crippen LogP) is 3.41. The first-order valence-electron chi connectivity index (χ1n) is 5.35. The largest absolute Gasteiger partial charge is 0.322 e. The maximum absolute atomic E-state index is 11.9. The van der Waals surface area contributed by atoms with Crippen LogP contribution in [0, 0.1) is 0 Å². The Hall–Kier alpha value is -1.81. The van der Waals surface area contributed by atoms with Crippen molar-refractivity contribution in [1.82, 2.24) is 4.90 Å². The van der Waals surface area contributed by atoms with Crippen molar-refractivity contribution < 1.29 is 4.79 Å². The van der Waals surface area contributed by atoms with Gasteiger partial charge in [-0.3, -0.25) is 0 Å². The molecule has 1 heterocycles. The molecule has 0 aliphatic heterocycles. The minimum atomic E-state index is -0.0930. The molecule has 2 rings (SSSR count). The second kappa shape index (κ2) is 5.50. The van der Waals surface area contributed by atoms with Gasteiger partial charge in [0, 0.05) is 17.6 Å². The molecule has 0 aliphatic rings. The molecule has 1 N–H and O–H groups in total. The quantitative estimate of drug-likeness (QED) is 0.884. The summed E-state index contributed by atoms with van der Waals surface area (Å²) in [5.41, 5.74) is 0.815. The third-order valence-corrected chi connectivity index (χ3v) is 3.21. The maximum Gasteiger partial charge on any atom is 0.321 e. The fourth-order valence-electron chi connectivity index (χ4n) is 1.45. The number of para-hydroxylation sites is 1. The van der Waals surface area contributed by atoms with Crippen LogP contribution < -0.4 is 5.32 Å². The molecule has 0 unspecified atom stereocenters. The van der Waals surface area contributed by atoms with Gasteiger partial charge in [-0.25, -0.2) is 4.79 Å². The Morgan fingerprint density at radius 3 is 2.65 bits per heavy atom. The molecule has 0 saturated carbocycles. The normalized spacial score (nSPS) is 9.94. The summed E-state index contributed by atoms with van der Waals surface area (Å²) in [5.74, 6) is 0. The lowest BCUT2D eigenvalue weighted by molar-refractivity contribution is 0.221. The van der Waals surface area contributed by atoms with E-state index in [1.807, 2.05) is 47.8 Å². The van der Waals surface area contributed by atoms with Crippen molar-refractivity contribution in [2.24, 2.45) is 0 Å². The number of rotatable bonds is 3. The molecule has 0 spiro atoms. The molecule has 17 heavy (non-hydrogen) atoms. The molecule has 2 aromatic rings. The highest BCUT2D eigenvalue weighted by atomic mass is 32.1. The van der Waals surface area contributed by atoms with Crippen molar-refractivity contribution >= 4 is 23.1 Å². The average molecular weight is 246 g/mol. The summed E-state index contributed by atoms with van der Waals surface area (Å²) < 4.78 is 0. The number of nitrogens with one attached hydrogen (secondary N) is 1. The molecule has 0 bridgehead atoms. The van der Waals surface area contributed by atoms with Gasteiger partial charge < -0.3 is 10.2 Å². The van der Waals surface area contributed by atoms with Crippen LogP contribution in [0.2, 0.25) is 0 Å². The molecule has 2 amide bonds. The number of urea groups is 1. The summed E-state index contributed by atoms with van der Waals surface area (Å²) >= 11 is 1.65. The first-order valence-corrected chi connectivity index (χ1v) is 6.23. The van der Waals surface area contributed by atoms with Gasteiger partial charge in [0.15, 0.2) is 0 Å². The number of anilines is 1. The lowest BCUT2D eigenvalue weighted by Gasteiger charge is -2.17. The molecule has 0 aliphatic carbocycles. The number of hydrogen-bond donors (Lipinski definition) is 1. The minimum Gasteiger partial charge on any atom is -0.322 e. The van der Waals surface area contributed by atoms with Crippen LogP contribution in [0.1, 0.15) is 4.88 Å². The maximum atomic E-state index is 11.9. The highest BCUT2D eigenvalue weighted by Crippen LogP contribution is 2.12. The zero-order valence-electron chi connectivity index (χ0n) is 9.59. The Kier molecular flexibility index (Phi) is 3.77. The average Bonchev–Trinajstić information content (AvgIpc) is 2.83. The first-order chi connectivity index (χ1) is 8.25. The van der Waals surface area contributed by atoms with Crippen LogP contribution >= 0.6 is 11.3 Å². The van der Waals surface area contributed by atoms with E-state index >= 15 is 0 Å². The van der Waals surface area contributed by atoms with E-state index in [0.717, 1.165) is 5.69 Å². The summed E-state index contributed by atoms with van der Waals surface area (Å²) in [4.78, 5) is 14.7. The van der Waals surface area contributed by atoms with E-state index in [4.69, 9.17) is 0 Å². The van der Waals surface area contributed by atoms with Crippen molar-refractivity contribution in [3.8, 4) is 0 Å². The number of thiophene rings is 1. The van der Waals surface area contributed by atoms with Gasteiger partial charge in [-0.2, -0.15) is 0 Å². The fraction of sp³-hybridized carbons (Fsp3) is 0.154. The molecule has 4 heteroatoms. The van der Waals surface area contributed by atoms with E-state index < -0.39 is 0 Å². The highest BCUT2D eigenvalue weighted by Gasteiger charge is 2.09. The van der Waals surface area contributed by atoms with Gasteiger partial charge in [-0.1, -0.05) is 24.3 Å². The number of nitrogens with zero attached hydrogens (tertiary/aromatic N) is 1. The molecule has 88 valence electrons. The van der Waals surface area contributed by atoms with E-state index in [2.05, 4.69) is 5.32 Å². The Labute approximate surface area is 105 Å². The molecule has 1 aromatic heterocycles. The van der Waals surface area contributed by atoms with Crippen LogP contribution in [0.15, 0.2) is 47.8 Å². The van der Waals surface area contributed by atoms with Crippen molar-refractivity contribution in [3.05, 3.63) is 52.7 Å². The Bertz CT molecular complexity index is 467. The summed E-state index contributed by atoms with van der Waals surface area (Å²) in [6.07, 6.45) is 0. The van der Waals surface area contributed by atoms with Crippen molar-refractivity contribution in [1.29, 1.82) is 0 Å². The van der Waals surface area contributed by atoms with Crippen LogP contribution in [0.3, 0.4) is 0 Å². The zero-order valence-corrected chi connectivity index (χ0v) is 10.4. The molecule has 0 fully saturated rings. The highest BCUT2D eigenvalue weighted by molar-refractivity contribution is 7.09. The van der Waals surface area contributed by atoms with Gasteiger partial charge in [0.1, 0.15) is 0 Å². The van der Waals surface area contributed by atoms with Crippen molar-refractivity contribution in [3.63, 3.8) is 0 Å². The summed E-state index contributed by atoms with van der Waals surface area (Å²) in [6.45, 7) is 0.635. The third-order valence-electron chi connectivity index (χ3n) is 2.34. The second-order valence-corrected chi connectivity index (χ2v) is 4.76. The molecule has 3 nitrogen and oxygen atoms in total. The van der Waals surface area contributed by atoms with Gasteiger partial charge in [0.25, 0.3) is 0 Å². The lowest BCUT2D eigenvalue weighted by Crippen LogP contribution is -2.30. The van der Waals surface area contributed by atoms with Crippen LogP contribution in [-0.2, 0) is 6.54 Å². The number of amides is 2. The molecule has 0 atom stereocenters. The summed E-state index contributed by atoms with van der Waals surface area (Å²) in [5, 5.41) is 4.86. The Morgan fingerprint density at radius 1 is 1.24 bits per heavy atom. The zero-order chi connectivity index (χ0) is 12.1. The van der Waals surface area contributed by atoms with E-state index in [-0.39, 0.29) is 6.03 Å². The molecule has 1 aromatic carbocycles. The SMILES string of the molecule is CN(Cc1cccs1)C(=O)Nc1ccccc1. The Balaban J connectivity index is 1.92. The van der Waals surface area contributed by atoms with E-state index in [9.17, 15) is 4.79 Å². The number of carbonyl (C=O) groups is 1. The number of hydrogen-bond acceptors (Lipinski definition) is 2. The molecule has 0 radical (unpaired) electrons. The van der Waals surface area contributed by atoms with Gasteiger partial charge in [0.2, 0.25) is 0 Å². The van der Waals surface area contributed by atoms with Gasteiger partial charge in [-0.05, 0) is 23.6 Å². The monoisotopic (exact) mass is 246 g/mol. The van der Waals surface area contributed by atoms with E-state index in [0.29, 0.717) is 6.54 Å². The standard InChI is InChI=1S/C13H14N2OS/c1-15(10-12-8-5-9-17-12)13(16)14-11-6-3-2-4-7-11/h2-9H,10H2,1H3,(H,14,16). The lowest BCUT2D eigenvalue weighted by atomic mass is 10.3. The van der Waals surface area contributed by atoms with E-state index in [1.54, 1.807) is 23.3 Å². The first kappa shape index (κ1) is 11.7.